The molecule has 1 aromatic rings. The summed E-state index contributed by atoms with van der Waals surface area (Å²) in [5, 5.41) is 10.3. The average molecular weight is 321 g/mol. The standard InChI is InChI=1S/C18H29N3O2/c1-3-19(4-2)14-17(22)15-20-10-12-21(13-11-20)18(23)16-8-6-5-7-9-16/h5-9,17,22H,3-4,10-15H2,1-2H3/p+2/t17-/m0/s1. The van der Waals surface area contributed by atoms with Gasteiger partial charge in [-0.25, -0.2) is 0 Å². The molecule has 0 unspecified atom stereocenters. The SMILES string of the molecule is CC[NH+](CC)C[C@H](O)C[NH+]1CCN(C(=O)c2ccccc2)CC1. The van der Waals surface area contributed by atoms with E-state index in [0.717, 1.165) is 57.9 Å². The Morgan fingerprint density at radius 1 is 1.22 bits per heavy atom. The Morgan fingerprint density at radius 2 is 1.83 bits per heavy atom. The molecule has 23 heavy (non-hydrogen) atoms. The second-order valence-electron chi connectivity index (χ2n) is 6.43. The number of likely N-dealkylation sites (N-methyl/N-ethyl adjacent to an activating group) is 1. The Morgan fingerprint density at radius 3 is 2.39 bits per heavy atom. The molecule has 0 aliphatic carbocycles. The molecule has 0 saturated carbocycles. The van der Waals surface area contributed by atoms with E-state index in [2.05, 4.69) is 13.8 Å². The van der Waals surface area contributed by atoms with Gasteiger partial charge in [-0.3, -0.25) is 4.79 Å². The summed E-state index contributed by atoms with van der Waals surface area (Å²) in [6, 6.07) is 9.48. The lowest BCUT2D eigenvalue weighted by atomic mass is 10.2. The zero-order valence-corrected chi connectivity index (χ0v) is 14.4. The van der Waals surface area contributed by atoms with Crippen molar-refractivity contribution in [2.24, 2.45) is 0 Å². The molecule has 128 valence electrons. The maximum atomic E-state index is 12.4. The monoisotopic (exact) mass is 321 g/mol. The molecule has 1 fully saturated rings. The van der Waals surface area contributed by atoms with Crippen molar-refractivity contribution in [1.29, 1.82) is 0 Å². The molecule has 3 N–H and O–H groups in total. The zero-order chi connectivity index (χ0) is 16.7. The number of piperazine rings is 1. The van der Waals surface area contributed by atoms with Gasteiger partial charge in [0.2, 0.25) is 0 Å². The van der Waals surface area contributed by atoms with Crippen molar-refractivity contribution in [2.75, 3.05) is 52.4 Å². The number of amides is 1. The third-order valence-corrected chi connectivity index (χ3v) is 4.83. The third-order valence-electron chi connectivity index (χ3n) is 4.83. The first-order valence-electron chi connectivity index (χ1n) is 8.83. The van der Waals surface area contributed by atoms with Crippen molar-refractivity contribution >= 4 is 5.91 Å². The van der Waals surface area contributed by atoms with E-state index < -0.39 is 0 Å². The Kier molecular flexibility index (Phi) is 7.02. The second-order valence-corrected chi connectivity index (χ2v) is 6.43. The summed E-state index contributed by atoms with van der Waals surface area (Å²) in [6.07, 6.45) is -0.253. The highest BCUT2D eigenvalue weighted by Gasteiger charge is 2.26. The fourth-order valence-corrected chi connectivity index (χ4v) is 3.27. The number of nitrogens with one attached hydrogen (secondary N) is 2. The molecule has 0 bridgehead atoms. The van der Waals surface area contributed by atoms with E-state index in [1.165, 1.54) is 9.80 Å². The number of aliphatic hydroxyl groups is 1. The normalized spacial score (nSPS) is 17.5. The average Bonchev–Trinajstić information content (AvgIpc) is 2.60. The van der Waals surface area contributed by atoms with Crippen LogP contribution in [0.5, 0.6) is 0 Å². The predicted octanol–water partition coefficient (Wildman–Crippen LogP) is -1.69. The van der Waals surface area contributed by atoms with E-state index in [-0.39, 0.29) is 12.0 Å². The smallest absolute Gasteiger partial charge is 0.254 e. The van der Waals surface area contributed by atoms with Crippen molar-refractivity contribution in [3.05, 3.63) is 35.9 Å². The molecule has 0 spiro atoms. The van der Waals surface area contributed by atoms with Gasteiger partial charge in [-0.15, -0.1) is 0 Å². The van der Waals surface area contributed by atoms with Gasteiger partial charge in [0.15, 0.2) is 6.10 Å². The molecule has 1 aliphatic rings. The molecule has 0 aromatic heterocycles. The van der Waals surface area contributed by atoms with Crippen LogP contribution in [0.1, 0.15) is 24.2 Å². The first kappa shape index (κ1) is 17.9. The Hall–Kier alpha value is -1.43. The maximum Gasteiger partial charge on any atom is 0.254 e. The minimum Gasteiger partial charge on any atom is -0.382 e. The largest absolute Gasteiger partial charge is 0.382 e. The van der Waals surface area contributed by atoms with E-state index >= 15 is 0 Å². The van der Waals surface area contributed by atoms with Crippen LogP contribution in [-0.2, 0) is 0 Å². The van der Waals surface area contributed by atoms with Gasteiger partial charge in [-0.1, -0.05) is 18.2 Å². The molecule has 0 radical (unpaired) electrons. The van der Waals surface area contributed by atoms with Crippen LogP contribution in [0.3, 0.4) is 0 Å². The van der Waals surface area contributed by atoms with Crippen molar-refractivity contribution in [1.82, 2.24) is 4.90 Å². The summed E-state index contributed by atoms with van der Waals surface area (Å²) in [5.74, 6) is 0.123. The molecular formula is C18H31N3O2+2. The molecule has 2 rings (SSSR count). The molecule has 1 saturated heterocycles. The van der Waals surface area contributed by atoms with Crippen LogP contribution < -0.4 is 9.80 Å². The lowest BCUT2D eigenvalue weighted by Crippen LogP contribution is -3.18. The summed E-state index contributed by atoms with van der Waals surface area (Å²) in [6.45, 7) is 11.4. The fourth-order valence-electron chi connectivity index (χ4n) is 3.27. The van der Waals surface area contributed by atoms with Gasteiger partial charge in [-0.05, 0) is 26.0 Å². The van der Waals surface area contributed by atoms with Crippen LogP contribution in [0.25, 0.3) is 0 Å². The van der Waals surface area contributed by atoms with Crippen LogP contribution >= 0.6 is 0 Å². The van der Waals surface area contributed by atoms with Gasteiger partial charge in [0.25, 0.3) is 5.91 Å². The van der Waals surface area contributed by atoms with Crippen LogP contribution in [0.2, 0.25) is 0 Å². The van der Waals surface area contributed by atoms with E-state index in [1.54, 1.807) is 0 Å². The third kappa shape index (κ3) is 5.30. The van der Waals surface area contributed by atoms with Gasteiger partial charge in [-0.2, -0.15) is 0 Å². The molecule has 1 aromatic carbocycles. The Labute approximate surface area is 139 Å². The van der Waals surface area contributed by atoms with Crippen molar-refractivity contribution in [3.63, 3.8) is 0 Å². The van der Waals surface area contributed by atoms with Gasteiger partial charge in [0, 0.05) is 5.56 Å². The number of aliphatic hydroxyl groups excluding tert-OH is 1. The molecular weight excluding hydrogens is 290 g/mol. The number of hydrogen-bond donors (Lipinski definition) is 3. The summed E-state index contributed by atoms with van der Waals surface area (Å²) in [4.78, 5) is 17.2. The highest BCUT2D eigenvalue weighted by molar-refractivity contribution is 5.94. The quantitative estimate of drug-likeness (QED) is 0.561. The van der Waals surface area contributed by atoms with Gasteiger partial charge in [0.1, 0.15) is 13.1 Å². The molecule has 1 aliphatic heterocycles. The first-order valence-corrected chi connectivity index (χ1v) is 8.83. The van der Waals surface area contributed by atoms with Crippen LogP contribution in [-0.4, -0.2) is 74.4 Å². The highest BCUT2D eigenvalue weighted by atomic mass is 16.3. The fraction of sp³-hybridized carbons (Fsp3) is 0.611. The molecule has 1 amide bonds. The number of benzene rings is 1. The number of hydrogen-bond acceptors (Lipinski definition) is 2. The van der Waals surface area contributed by atoms with Crippen LogP contribution in [0.15, 0.2) is 30.3 Å². The number of rotatable bonds is 7. The van der Waals surface area contributed by atoms with Gasteiger partial charge >= 0.3 is 0 Å². The minimum atomic E-state index is -0.253. The summed E-state index contributed by atoms with van der Waals surface area (Å²) < 4.78 is 0. The van der Waals surface area contributed by atoms with Crippen molar-refractivity contribution < 1.29 is 19.7 Å². The molecule has 1 atom stereocenters. The van der Waals surface area contributed by atoms with E-state index in [0.29, 0.717) is 0 Å². The van der Waals surface area contributed by atoms with Crippen molar-refractivity contribution in [2.45, 2.75) is 20.0 Å². The van der Waals surface area contributed by atoms with Gasteiger partial charge in [0.05, 0.1) is 39.3 Å². The zero-order valence-electron chi connectivity index (χ0n) is 14.4. The second kappa shape index (κ2) is 9.01. The summed E-state index contributed by atoms with van der Waals surface area (Å²) >= 11 is 0. The van der Waals surface area contributed by atoms with Crippen molar-refractivity contribution in [3.8, 4) is 0 Å². The molecule has 5 heteroatoms. The molecule has 5 nitrogen and oxygen atoms in total. The van der Waals surface area contributed by atoms with E-state index in [1.807, 2.05) is 35.2 Å². The summed E-state index contributed by atoms with van der Waals surface area (Å²) in [5.41, 5.74) is 0.765. The lowest BCUT2D eigenvalue weighted by molar-refractivity contribution is -0.925. The van der Waals surface area contributed by atoms with E-state index in [9.17, 15) is 9.90 Å². The number of quaternary nitrogens is 2. The predicted molar refractivity (Wildman–Crippen MR) is 90.8 cm³/mol. The van der Waals surface area contributed by atoms with Crippen LogP contribution in [0, 0.1) is 0 Å². The molecule has 1 heterocycles. The van der Waals surface area contributed by atoms with Crippen LogP contribution in [0.4, 0.5) is 0 Å². The maximum absolute atomic E-state index is 12.4. The first-order chi connectivity index (χ1) is 11.1. The highest BCUT2D eigenvalue weighted by Crippen LogP contribution is 2.04. The van der Waals surface area contributed by atoms with E-state index in [4.69, 9.17) is 0 Å². The number of carbonyl (C=O) groups excluding carboxylic acids is 1. The lowest BCUT2D eigenvalue weighted by Gasteiger charge is -2.33. The Bertz CT molecular complexity index is 468. The Balaban J connectivity index is 1.76. The van der Waals surface area contributed by atoms with Gasteiger partial charge < -0.3 is 19.8 Å². The number of nitrogens with zero attached hydrogens (tertiary/aromatic N) is 1. The number of carbonyl (C=O) groups is 1. The topological polar surface area (TPSA) is 49.4 Å². The summed E-state index contributed by atoms with van der Waals surface area (Å²) in [7, 11) is 0. The minimum absolute atomic E-state index is 0.123.